The van der Waals surface area contributed by atoms with Crippen molar-refractivity contribution in [3.05, 3.63) is 52.9 Å². The van der Waals surface area contributed by atoms with Crippen molar-refractivity contribution in [3.8, 4) is 0 Å². The lowest BCUT2D eigenvalue weighted by molar-refractivity contribution is 0.241. The van der Waals surface area contributed by atoms with Gasteiger partial charge in [-0.05, 0) is 54.2 Å². The standard InChI is InChI=1S/C18H20N4O4S2/c1-20(2)18(24)27-13-7-5-12(6-8-13)19-28(25,26)14-9-10-15-16(11-14)22(4)17(23)21(15)3/h5-11,19H,1-4H3. The Morgan fingerprint density at radius 1 is 1.00 bits per heavy atom. The predicted molar refractivity (Wildman–Crippen MR) is 110 cm³/mol. The van der Waals surface area contributed by atoms with E-state index in [1.165, 1.54) is 26.2 Å². The highest BCUT2D eigenvalue weighted by molar-refractivity contribution is 8.13. The molecule has 0 aliphatic rings. The Balaban J connectivity index is 1.86. The Morgan fingerprint density at radius 3 is 2.21 bits per heavy atom. The second-order valence-electron chi connectivity index (χ2n) is 6.44. The number of fused-ring (bicyclic) bond motifs is 1. The number of sulfonamides is 1. The molecule has 0 fully saturated rings. The number of imidazole rings is 1. The molecule has 3 rings (SSSR count). The molecule has 1 N–H and O–H groups in total. The number of benzene rings is 2. The minimum atomic E-state index is -3.83. The summed E-state index contributed by atoms with van der Waals surface area (Å²) in [5.74, 6) is 0. The molecule has 8 nitrogen and oxygen atoms in total. The molecule has 1 heterocycles. The second kappa shape index (κ2) is 7.36. The van der Waals surface area contributed by atoms with Gasteiger partial charge in [0.25, 0.3) is 15.3 Å². The number of carbonyl (C=O) groups is 1. The number of aryl methyl sites for hydroxylation is 2. The van der Waals surface area contributed by atoms with Crippen molar-refractivity contribution >= 4 is 43.7 Å². The van der Waals surface area contributed by atoms with Crippen LogP contribution in [0.25, 0.3) is 11.0 Å². The number of nitrogens with one attached hydrogen (secondary N) is 1. The van der Waals surface area contributed by atoms with E-state index in [0.29, 0.717) is 21.6 Å². The van der Waals surface area contributed by atoms with Crippen LogP contribution in [0.5, 0.6) is 0 Å². The number of carbonyl (C=O) groups excluding carboxylic acids is 1. The number of anilines is 1. The Hall–Kier alpha value is -2.72. The van der Waals surface area contributed by atoms with Crippen LogP contribution >= 0.6 is 11.8 Å². The van der Waals surface area contributed by atoms with Gasteiger partial charge in [0.05, 0.1) is 15.9 Å². The molecule has 28 heavy (non-hydrogen) atoms. The third-order valence-corrected chi connectivity index (χ3v) is 6.66. The normalized spacial score (nSPS) is 11.6. The average molecular weight is 421 g/mol. The maximum atomic E-state index is 12.7. The van der Waals surface area contributed by atoms with Gasteiger partial charge in [0.2, 0.25) is 0 Å². The van der Waals surface area contributed by atoms with Crippen LogP contribution in [0, 0.1) is 0 Å². The molecule has 0 aliphatic heterocycles. The van der Waals surface area contributed by atoms with E-state index in [1.807, 2.05) is 0 Å². The molecular formula is C18H20N4O4S2. The highest BCUT2D eigenvalue weighted by Crippen LogP contribution is 2.24. The van der Waals surface area contributed by atoms with Gasteiger partial charge in [-0.25, -0.2) is 13.2 Å². The molecule has 1 aromatic heterocycles. The minimum absolute atomic E-state index is 0.0578. The first-order chi connectivity index (χ1) is 13.1. The van der Waals surface area contributed by atoms with Crippen molar-refractivity contribution < 1.29 is 13.2 Å². The molecule has 1 amide bonds. The first-order valence-corrected chi connectivity index (χ1v) is 10.6. The van der Waals surface area contributed by atoms with Crippen molar-refractivity contribution in [1.29, 1.82) is 0 Å². The SMILES string of the molecule is CN(C)C(=O)Sc1ccc(NS(=O)(=O)c2ccc3c(c2)n(C)c(=O)n3C)cc1. The molecule has 0 aliphatic carbocycles. The number of amides is 1. The Morgan fingerprint density at radius 2 is 1.61 bits per heavy atom. The van der Waals surface area contributed by atoms with E-state index < -0.39 is 10.0 Å². The number of aromatic nitrogens is 2. The summed E-state index contributed by atoms with van der Waals surface area (Å²) in [7, 11) is 2.73. The van der Waals surface area contributed by atoms with Crippen LogP contribution < -0.4 is 10.4 Å². The van der Waals surface area contributed by atoms with Crippen LogP contribution in [0.3, 0.4) is 0 Å². The molecule has 0 saturated heterocycles. The molecule has 10 heteroatoms. The largest absolute Gasteiger partial charge is 0.339 e. The van der Waals surface area contributed by atoms with Gasteiger partial charge >= 0.3 is 5.69 Å². The molecule has 2 aromatic carbocycles. The highest BCUT2D eigenvalue weighted by atomic mass is 32.2. The summed E-state index contributed by atoms with van der Waals surface area (Å²) in [6, 6.07) is 11.1. The van der Waals surface area contributed by atoms with Crippen LogP contribution in [0.15, 0.2) is 57.1 Å². The molecule has 0 atom stereocenters. The number of nitrogens with zero attached hydrogens (tertiary/aromatic N) is 3. The number of hydrogen-bond donors (Lipinski definition) is 1. The summed E-state index contributed by atoms with van der Waals surface area (Å²) < 4.78 is 30.8. The molecule has 0 spiro atoms. The molecule has 3 aromatic rings. The van der Waals surface area contributed by atoms with E-state index in [0.717, 1.165) is 11.8 Å². The van der Waals surface area contributed by atoms with Crippen molar-refractivity contribution in [2.45, 2.75) is 9.79 Å². The van der Waals surface area contributed by atoms with Crippen molar-refractivity contribution in [2.75, 3.05) is 18.8 Å². The van der Waals surface area contributed by atoms with E-state index in [1.54, 1.807) is 58.5 Å². The van der Waals surface area contributed by atoms with Gasteiger partial charge < -0.3 is 4.90 Å². The van der Waals surface area contributed by atoms with Gasteiger partial charge in [0.1, 0.15) is 0 Å². The van der Waals surface area contributed by atoms with E-state index >= 15 is 0 Å². The monoisotopic (exact) mass is 420 g/mol. The quantitative estimate of drug-likeness (QED) is 0.655. The summed E-state index contributed by atoms with van der Waals surface area (Å²) in [6.07, 6.45) is 0. The minimum Gasteiger partial charge on any atom is -0.339 e. The molecule has 0 saturated carbocycles. The lowest BCUT2D eigenvalue weighted by Gasteiger charge is -2.11. The van der Waals surface area contributed by atoms with E-state index in [9.17, 15) is 18.0 Å². The average Bonchev–Trinajstić information content (AvgIpc) is 2.87. The highest BCUT2D eigenvalue weighted by Gasteiger charge is 2.17. The van der Waals surface area contributed by atoms with Crippen LogP contribution in [0.1, 0.15) is 0 Å². The zero-order chi connectivity index (χ0) is 20.6. The maximum absolute atomic E-state index is 12.7. The fourth-order valence-electron chi connectivity index (χ4n) is 2.65. The number of hydrogen-bond acceptors (Lipinski definition) is 5. The zero-order valence-electron chi connectivity index (χ0n) is 15.8. The lowest BCUT2D eigenvalue weighted by Crippen LogP contribution is -2.19. The van der Waals surface area contributed by atoms with E-state index in [2.05, 4.69) is 4.72 Å². The first kappa shape index (κ1) is 20.0. The number of thioether (sulfide) groups is 1. The Kier molecular flexibility index (Phi) is 5.26. The van der Waals surface area contributed by atoms with Crippen LogP contribution in [0.4, 0.5) is 10.5 Å². The predicted octanol–water partition coefficient (Wildman–Crippen LogP) is 2.45. The molecule has 148 valence electrons. The van der Waals surface area contributed by atoms with E-state index in [4.69, 9.17) is 0 Å². The zero-order valence-corrected chi connectivity index (χ0v) is 17.5. The van der Waals surface area contributed by atoms with Gasteiger partial charge in [-0.3, -0.25) is 18.7 Å². The summed E-state index contributed by atoms with van der Waals surface area (Å²) in [6.45, 7) is 0. The second-order valence-corrected chi connectivity index (χ2v) is 9.15. The smallest absolute Gasteiger partial charge is 0.328 e. The Bertz CT molecular complexity index is 1210. The van der Waals surface area contributed by atoms with Crippen molar-refractivity contribution in [2.24, 2.45) is 14.1 Å². The van der Waals surface area contributed by atoms with Gasteiger partial charge in [0, 0.05) is 38.8 Å². The molecule has 0 unspecified atom stereocenters. The third kappa shape index (κ3) is 3.78. The Labute approximate surface area is 166 Å². The van der Waals surface area contributed by atoms with Gasteiger partial charge in [-0.1, -0.05) is 0 Å². The fourth-order valence-corrected chi connectivity index (χ4v) is 4.39. The van der Waals surface area contributed by atoms with Gasteiger partial charge in [-0.15, -0.1) is 0 Å². The van der Waals surface area contributed by atoms with Crippen LogP contribution in [-0.4, -0.2) is 41.8 Å². The molecular weight excluding hydrogens is 400 g/mol. The fraction of sp³-hybridized carbons (Fsp3) is 0.222. The summed E-state index contributed by atoms with van der Waals surface area (Å²) in [4.78, 5) is 26.0. The third-order valence-electron chi connectivity index (χ3n) is 4.23. The number of rotatable bonds is 4. The topological polar surface area (TPSA) is 93.4 Å². The summed E-state index contributed by atoms with van der Waals surface area (Å²) in [5.41, 5.74) is 1.34. The van der Waals surface area contributed by atoms with E-state index in [-0.39, 0.29) is 15.8 Å². The first-order valence-electron chi connectivity index (χ1n) is 8.27. The van der Waals surface area contributed by atoms with Crippen LogP contribution in [-0.2, 0) is 24.1 Å². The lowest BCUT2D eigenvalue weighted by atomic mass is 10.3. The molecule has 0 bridgehead atoms. The molecule has 0 radical (unpaired) electrons. The van der Waals surface area contributed by atoms with Crippen molar-refractivity contribution in [3.63, 3.8) is 0 Å². The summed E-state index contributed by atoms with van der Waals surface area (Å²) >= 11 is 1.06. The summed E-state index contributed by atoms with van der Waals surface area (Å²) in [5, 5.41) is -0.116. The maximum Gasteiger partial charge on any atom is 0.328 e. The van der Waals surface area contributed by atoms with Gasteiger partial charge in [-0.2, -0.15) is 0 Å². The van der Waals surface area contributed by atoms with Crippen LogP contribution in [0.2, 0.25) is 0 Å². The van der Waals surface area contributed by atoms with Crippen molar-refractivity contribution in [1.82, 2.24) is 14.0 Å². The van der Waals surface area contributed by atoms with Gasteiger partial charge in [0.15, 0.2) is 0 Å².